The summed E-state index contributed by atoms with van der Waals surface area (Å²) in [6.45, 7) is 0. The van der Waals surface area contributed by atoms with Crippen LogP contribution in [-0.2, 0) is 0 Å². The fourth-order valence-corrected chi connectivity index (χ4v) is 9.45. The Morgan fingerprint density at radius 3 is 1.69 bits per heavy atom. The van der Waals surface area contributed by atoms with Crippen LogP contribution in [0.5, 0.6) is 0 Å². The maximum Gasteiger partial charge on any atom is 0.0562 e. The van der Waals surface area contributed by atoms with Gasteiger partial charge in [-0.1, -0.05) is 121 Å². The summed E-state index contributed by atoms with van der Waals surface area (Å²) in [5.74, 6) is 0. The largest absolute Gasteiger partial charge is 0.309 e. The van der Waals surface area contributed by atoms with E-state index in [-0.39, 0.29) is 0 Å². The number of para-hydroxylation sites is 3. The molecule has 228 valence electrons. The number of benzene rings is 8. The molecule has 11 rings (SSSR count). The molecule has 0 amide bonds. The van der Waals surface area contributed by atoms with Gasteiger partial charge >= 0.3 is 0 Å². The van der Waals surface area contributed by atoms with E-state index in [2.05, 4.69) is 179 Å². The Bertz CT molecular complexity index is 3100. The Hall–Kier alpha value is -6.16. The number of hydrogen-bond acceptors (Lipinski definition) is 1. The average Bonchev–Trinajstić information content (AvgIpc) is 3.81. The summed E-state index contributed by atoms with van der Waals surface area (Å²) in [6.07, 6.45) is 0. The van der Waals surface area contributed by atoms with Crippen molar-refractivity contribution in [2.45, 2.75) is 0 Å². The van der Waals surface area contributed by atoms with Gasteiger partial charge in [0.25, 0.3) is 0 Å². The summed E-state index contributed by atoms with van der Waals surface area (Å²) in [6, 6.07) is 62.4. The van der Waals surface area contributed by atoms with E-state index < -0.39 is 0 Å². The molecule has 0 radical (unpaired) electrons. The van der Waals surface area contributed by atoms with Gasteiger partial charge in [-0.15, -0.1) is 11.3 Å². The molecule has 0 aliphatic carbocycles. The Kier molecular flexibility index (Phi) is 5.57. The van der Waals surface area contributed by atoms with Crippen molar-refractivity contribution in [1.82, 2.24) is 9.13 Å². The quantitative estimate of drug-likeness (QED) is 0.182. The molecule has 3 heterocycles. The van der Waals surface area contributed by atoms with Gasteiger partial charge in [0.1, 0.15) is 0 Å². The van der Waals surface area contributed by atoms with Crippen molar-refractivity contribution in [3.05, 3.63) is 170 Å². The number of nitrogens with zero attached hydrogens (tertiary/aromatic N) is 2. The molecular formula is C46H28N2S. The molecule has 0 atom stereocenters. The summed E-state index contributed by atoms with van der Waals surface area (Å²) in [5, 5.41) is 10.2. The topological polar surface area (TPSA) is 9.86 Å². The zero-order valence-corrected chi connectivity index (χ0v) is 27.3. The molecule has 8 aromatic carbocycles. The lowest BCUT2D eigenvalue weighted by Gasteiger charge is -2.15. The zero-order valence-electron chi connectivity index (χ0n) is 26.5. The van der Waals surface area contributed by atoms with E-state index in [1.807, 2.05) is 11.3 Å². The fourth-order valence-electron chi connectivity index (χ4n) is 8.22. The Morgan fingerprint density at radius 1 is 0.327 bits per heavy atom. The fraction of sp³-hybridized carbons (Fsp3) is 0. The molecule has 11 aromatic rings. The SMILES string of the molecule is c1ccc(-n2c3ccccc3c3cc4c5ccccc5n(-c5ccc(-c6cccc7c6sc6ccccc67)c6ccccc56)c4cc32)cc1. The van der Waals surface area contributed by atoms with Crippen LogP contribution in [0.3, 0.4) is 0 Å². The van der Waals surface area contributed by atoms with E-state index in [0.29, 0.717) is 0 Å². The van der Waals surface area contributed by atoms with Crippen molar-refractivity contribution < 1.29 is 0 Å². The van der Waals surface area contributed by atoms with Crippen molar-refractivity contribution in [1.29, 1.82) is 0 Å². The second-order valence-electron chi connectivity index (χ2n) is 12.9. The molecule has 0 aliphatic heterocycles. The van der Waals surface area contributed by atoms with E-state index in [9.17, 15) is 0 Å². The molecule has 0 aliphatic rings. The van der Waals surface area contributed by atoms with Crippen LogP contribution in [0.25, 0.3) is 97.1 Å². The van der Waals surface area contributed by atoms with Crippen molar-refractivity contribution in [3.63, 3.8) is 0 Å². The van der Waals surface area contributed by atoms with Gasteiger partial charge in [-0.05, 0) is 59.5 Å². The number of thiophene rings is 1. The number of fused-ring (bicyclic) bond motifs is 10. The molecule has 0 saturated carbocycles. The average molecular weight is 641 g/mol. The first-order chi connectivity index (χ1) is 24.3. The standard InChI is InChI=1S/C46H28N2S/c1-2-13-29(14-3-1)47-40-22-9-6-17-33(40)38-27-39-34-18-7-10-23-41(34)48(44(39)28-43(38)47)42-26-25-31(30-15-4-5-16-32(30)42)36-20-12-21-37-35-19-8-11-24-45(35)49-46(36)37/h1-28H. The molecule has 0 saturated heterocycles. The van der Waals surface area contributed by atoms with Crippen LogP contribution in [0, 0.1) is 0 Å². The van der Waals surface area contributed by atoms with Gasteiger partial charge in [-0.2, -0.15) is 0 Å². The highest BCUT2D eigenvalue weighted by Gasteiger charge is 2.20. The number of hydrogen-bond donors (Lipinski definition) is 0. The third-order valence-electron chi connectivity index (χ3n) is 10.3. The number of rotatable bonds is 3. The molecule has 3 heteroatoms. The van der Waals surface area contributed by atoms with Crippen LogP contribution in [0.4, 0.5) is 0 Å². The first-order valence-electron chi connectivity index (χ1n) is 16.8. The smallest absolute Gasteiger partial charge is 0.0562 e. The molecule has 49 heavy (non-hydrogen) atoms. The molecule has 0 N–H and O–H groups in total. The van der Waals surface area contributed by atoms with Crippen LogP contribution in [-0.4, -0.2) is 9.13 Å². The van der Waals surface area contributed by atoms with Crippen molar-refractivity contribution in [3.8, 4) is 22.5 Å². The molecular weight excluding hydrogens is 613 g/mol. The van der Waals surface area contributed by atoms with Crippen LogP contribution < -0.4 is 0 Å². The molecule has 3 aromatic heterocycles. The lowest BCUT2D eigenvalue weighted by atomic mass is 9.96. The Morgan fingerprint density at radius 2 is 0.918 bits per heavy atom. The zero-order chi connectivity index (χ0) is 32.1. The minimum atomic E-state index is 1.17. The van der Waals surface area contributed by atoms with E-state index in [0.717, 1.165) is 0 Å². The van der Waals surface area contributed by atoms with Crippen LogP contribution in [0.1, 0.15) is 0 Å². The minimum absolute atomic E-state index is 1.17. The lowest BCUT2D eigenvalue weighted by Crippen LogP contribution is -1.97. The lowest BCUT2D eigenvalue weighted by molar-refractivity contribution is 1.17. The predicted molar refractivity (Wildman–Crippen MR) is 211 cm³/mol. The van der Waals surface area contributed by atoms with Crippen molar-refractivity contribution >= 4 is 85.9 Å². The van der Waals surface area contributed by atoms with Crippen molar-refractivity contribution in [2.75, 3.05) is 0 Å². The van der Waals surface area contributed by atoms with Gasteiger partial charge < -0.3 is 9.13 Å². The summed E-state index contributed by atoms with van der Waals surface area (Å²) in [4.78, 5) is 0. The Balaban J connectivity index is 1.23. The van der Waals surface area contributed by atoms with Gasteiger partial charge in [-0.25, -0.2) is 0 Å². The summed E-state index contributed by atoms with van der Waals surface area (Å²) in [5.41, 5.74) is 9.76. The van der Waals surface area contributed by atoms with Gasteiger partial charge in [0.05, 0.1) is 27.8 Å². The summed E-state index contributed by atoms with van der Waals surface area (Å²) >= 11 is 1.89. The normalized spacial score (nSPS) is 12.1. The highest BCUT2D eigenvalue weighted by atomic mass is 32.1. The van der Waals surface area contributed by atoms with Gasteiger partial charge in [0.15, 0.2) is 0 Å². The summed E-state index contributed by atoms with van der Waals surface area (Å²) < 4.78 is 7.58. The third kappa shape index (κ3) is 3.76. The minimum Gasteiger partial charge on any atom is -0.309 e. The first-order valence-corrected chi connectivity index (χ1v) is 17.6. The van der Waals surface area contributed by atoms with E-state index in [1.54, 1.807) is 0 Å². The molecule has 0 fully saturated rings. The van der Waals surface area contributed by atoms with Gasteiger partial charge in [0.2, 0.25) is 0 Å². The summed E-state index contributed by atoms with van der Waals surface area (Å²) in [7, 11) is 0. The highest BCUT2D eigenvalue weighted by Crippen LogP contribution is 2.44. The van der Waals surface area contributed by atoms with Crippen LogP contribution in [0.2, 0.25) is 0 Å². The number of aromatic nitrogens is 2. The molecule has 0 bridgehead atoms. The predicted octanol–water partition coefficient (Wildman–Crippen LogP) is 13.1. The van der Waals surface area contributed by atoms with E-state index in [1.165, 1.54) is 97.1 Å². The molecule has 2 nitrogen and oxygen atoms in total. The molecule has 0 unspecified atom stereocenters. The molecule has 0 spiro atoms. The van der Waals surface area contributed by atoms with E-state index >= 15 is 0 Å². The van der Waals surface area contributed by atoms with Crippen LogP contribution >= 0.6 is 11.3 Å². The van der Waals surface area contributed by atoms with Crippen molar-refractivity contribution in [2.24, 2.45) is 0 Å². The van der Waals surface area contributed by atoms with Gasteiger partial charge in [-0.3, -0.25) is 0 Å². The van der Waals surface area contributed by atoms with Crippen LogP contribution in [0.15, 0.2) is 170 Å². The van der Waals surface area contributed by atoms with Gasteiger partial charge in [0, 0.05) is 58.4 Å². The maximum atomic E-state index is 2.49. The monoisotopic (exact) mass is 640 g/mol. The second kappa shape index (κ2) is 10.2. The maximum absolute atomic E-state index is 2.49. The highest BCUT2D eigenvalue weighted by molar-refractivity contribution is 7.26. The van der Waals surface area contributed by atoms with E-state index in [4.69, 9.17) is 0 Å². The second-order valence-corrected chi connectivity index (χ2v) is 13.9. The third-order valence-corrected chi connectivity index (χ3v) is 11.5. The first kappa shape index (κ1) is 26.9. The Labute approximate surface area is 286 Å².